The predicted molar refractivity (Wildman–Crippen MR) is 175 cm³/mol. The Hall–Kier alpha value is -2.19. The molecule has 49 heavy (non-hydrogen) atoms. The van der Waals surface area contributed by atoms with Gasteiger partial charge < -0.3 is 49.6 Å². The molecule has 6 fully saturated rings. The third kappa shape index (κ3) is 4.84. The average molecular weight is 685 g/mol. The molecule has 0 radical (unpaired) electrons. The Morgan fingerprint density at radius 3 is 2.27 bits per heavy atom. The van der Waals surface area contributed by atoms with Gasteiger partial charge in [-0.2, -0.15) is 0 Å². The molecule has 0 amide bonds. The summed E-state index contributed by atoms with van der Waals surface area (Å²) in [5.41, 5.74) is -9.17. The molecule has 6 N–H and O–H groups in total. The number of hydrogen-bond acceptors (Lipinski definition) is 11. The lowest BCUT2D eigenvalue weighted by Crippen LogP contribution is -2.78. The fourth-order valence-electron chi connectivity index (χ4n) is 10.2. The molecule has 1 spiro atoms. The van der Waals surface area contributed by atoms with E-state index in [1.165, 1.54) is 0 Å². The summed E-state index contributed by atoms with van der Waals surface area (Å²) in [5, 5.41) is 73.9. The van der Waals surface area contributed by atoms with Crippen LogP contribution in [0.15, 0.2) is 54.1 Å². The van der Waals surface area contributed by atoms with Crippen LogP contribution in [0.3, 0.4) is 0 Å². The maximum absolute atomic E-state index is 13.6. The van der Waals surface area contributed by atoms with Gasteiger partial charge in [0.25, 0.3) is 0 Å². The minimum Gasteiger partial charge on any atom is -0.454 e. The van der Waals surface area contributed by atoms with Gasteiger partial charge in [-0.1, -0.05) is 95.9 Å². The fraction of sp³-hybridized carbons (Fsp3) is 0.711. The van der Waals surface area contributed by atoms with E-state index in [0.717, 1.165) is 32.1 Å². The summed E-state index contributed by atoms with van der Waals surface area (Å²) >= 11 is 0. The molecular formula is C38H52O11. The number of ether oxygens (including phenoxy) is 4. The summed E-state index contributed by atoms with van der Waals surface area (Å²) in [6, 6.07) is 8.37. The Bertz CT molecular complexity index is 1510. The van der Waals surface area contributed by atoms with E-state index >= 15 is 0 Å². The van der Waals surface area contributed by atoms with Gasteiger partial charge in [0, 0.05) is 23.0 Å². The van der Waals surface area contributed by atoms with Gasteiger partial charge >= 0.3 is 11.9 Å². The molecule has 8 rings (SSSR count). The molecule has 2 unspecified atom stereocenters. The number of esters is 1. The summed E-state index contributed by atoms with van der Waals surface area (Å²) in [6.07, 6.45) is 0.922. The van der Waals surface area contributed by atoms with Gasteiger partial charge in [0.1, 0.15) is 29.0 Å². The lowest BCUT2D eigenvalue weighted by Gasteiger charge is -2.66. The molecule has 2 saturated carbocycles. The number of fused-ring (bicyclic) bond motifs is 12. The van der Waals surface area contributed by atoms with E-state index in [9.17, 15) is 35.4 Å². The monoisotopic (exact) mass is 684 g/mol. The minimum absolute atomic E-state index is 0.0150. The summed E-state index contributed by atoms with van der Waals surface area (Å²) < 4.78 is 25.5. The molecule has 3 aliphatic carbocycles. The summed E-state index contributed by atoms with van der Waals surface area (Å²) in [4.78, 5) is 13.6. The first-order valence-corrected chi connectivity index (χ1v) is 17.9. The standard InChI is InChI=1S/C38H52O11/c1-21-13-9-6-7-10-14-22(2)31(40)46-28-23(3)17-27-36(28,44)32(41)34(20-39)30(47-34)26-19-35(43,33(5,42)18-21)29-24(4)37(26,27)49-38(45,48-29)25-15-11-8-12-16-25/h8,11-12,15-17,21-22,24,26,28-30,32,39,41-45H,3,6-7,9-10,13-14,18-20H2,1-2,4-5H3/t21-,22-,24+,26?,28-,29-,30-,32+,33+,34-,35+,36+,37+,38?/m0/s1. The third-order valence-corrected chi connectivity index (χ3v) is 13.0. The van der Waals surface area contributed by atoms with Crippen LogP contribution >= 0.6 is 0 Å². The first-order chi connectivity index (χ1) is 23.0. The van der Waals surface area contributed by atoms with E-state index in [1.54, 1.807) is 57.2 Å². The van der Waals surface area contributed by atoms with Crippen molar-refractivity contribution in [2.75, 3.05) is 6.61 Å². The second kappa shape index (κ2) is 11.7. The van der Waals surface area contributed by atoms with Crippen LogP contribution in [0.2, 0.25) is 0 Å². The van der Waals surface area contributed by atoms with Crippen molar-refractivity contribution >= 4 is 5.97 Å². The molecule has 1 aromatic carbocycles. The highest BCUT2D eigenvalue weighted by molar-refractivity contribution is 5.73. The largest absolute Gasteiger partial charge is 0.454 e. The fourth-order valence-corrected chi connectivity index (χ4v) is 10.2. The zero-order valence-corrected chi connectivity index (χ0v) is 28.9. The van der Waals surface area contributed by atoms with Crippen molar-refractivity contribution in [3.63, 3.8) is 0 Å². The number of aliphatic hydroxyl groups is 6. The Kier molecular flexibility index (Phi) is 8.38. The van der Waals surface area contributed by atoms with Gasteiger partial charge in [-0.05, 0) is 37.7 Å². The highest BCUT2D eigenvalue weighted by Crippen LogP contribution is 2.70. The molecule has 14 atom stereocenters. The second-order valence-electron chi connectivity index (χ2n) is 16.2. The Morgan fingerprint density at radius 1 is 0.918 bits per heavy atom. The molecule has 1 aromatic rings. The Balaban J connectivity index is 1.47. The SMILES string of the molecule is C=C1C=C2[C@]3(O)[C@H](O)[C@@]4(CO)O[C@H]4C4C[C@@](O)([C@H]5OC(O)(c6ccccc6)O[C@@]24[C@@H]5C)[C@](C)(O)C[C@@H](C)CCCCCC[C@H](C)C(=O)O[C@@H]13. The molecule has 4 saturated heterocycles. The zero-order valence-electron chi connectivity index (χ0n) is 28.9. The van der Waals surface area contributed by atoms with Crippen molar-refractivity contribution in [3.8, 4) is 0 Å². The Labute approximate surface area is 287 Å². The van der Waals surface area contributed by atoms with Crippen LogP contribution in [0.25, 0.3) is 0 Å². The van der Waals surface area contributed by atoms with Crippen LogP contribution in [0, 0.1) is 23.7 Å². The van der Waals surface area contributed by atoms with Crippen molar-refractivity contribution in [1.29, 1.82) is 0 Å². The molecule has 0 aromatic heterocycles. The zero-order chi connectivity index (χ0) is 35.4. The van der Waals surface area contributed by atoms with E-state index in [4.69, 9.17) is 18.9 Å². The number of benzene rings is 1. The number of carbonyl (C=O) groups is 1. The quantitative estimate of drug-likeness (QED) is 0.199. The molecule has 270 valence electrons. The minimum atomic E-state index is -2.51. The molecule has 7 aliphatic rings. The summed E-state index contributed by atoms with van der Waals surface area (Å²) in [7, 11) is 0. The highest BCUT2D eigenvalue weighted by Gasteiger charge is 2.85. The summed E-state index contributed by atoms with van der Waals surface area (Å²) in [5.74, 6) is -5.40. The average Bonchev–Trinajstić information content (AvgIpc) is 3.75. The van der Waals surface area contributed by atoms with Crippen LogP contribution in [0.5, 0.6) is 0 Å². The Morgan fingerprint density at radius 2 is 1.59 bits per heavy atom. The number of aliphatic hydroxyl groups excluding tert-OH is 2. The van der Waals surface area contributed by atoms with E-state index < -0.39 is 88.7 Å². The van der Waals surface area contributed by atoms with E-state index in [2.05, 4.69) is 6.58 Å². The summed E-state index contributed by atoms with van der Waals surface area (Å²) in [6.45, 7) is 10.6. The number of hydrogen-bond donors (Lipinski definition) is 6. The van der Waals surface area contributed by atoms with Gasteiger partial charge in [0.05, 0.1) is 24.2 Å². The van der Waals surface area contributed by atoms with Crippen LogP contribution in [0.4, 0.5) is 0 Å². The maximum atomic E-state index is 13.6. The van der Waals surface area contributed by atoms with Crippen LogP contribution in [-0.4, -0.2) is 95.6 Å². The molecule has 11 nitrogen and oxygen atoms in total. The van der Waals surface area contributed by atoms with Gasteiger partial charge in [0.2, 0.25) is 0 Å². The maximum Gasteiger partial charge on any atom is 0.310 e. The van der Waals surface area contributed by atoms with Crippen molar-refractivity contribution in [3.05, 3.63) is 59.7 Å². The third-order valence-electron chi connectivity index (χ3n) is 13.0. The molecule has 4 aliphatic heterocycles. The smallest absolute Gasteiger partial charge is 0.310 e. The number of rotatable bonds is 2. The molecule has 7 bridgehead atoms. The number of carbonyl (C=O) groups excluding carboxylic acids is 1. The van der Waals surface area contributed by atoms with Gasteiger partial charge in [-0.15, -0.1) is 0 Å². The predicted octanol–water partition coefficient (Wildman–Crippen LogP) is 2.74. The van der Waals surface area contributed by atoms with Crippen LogP contribution in [-0.2, 0) is 29.7 Å². The van der Waals surface area contributed by atoms with Crippen molar-refractivity contribution in [2.45, 2.75) is 137 Å². The van der Waals surface area contributed by atoms with E-state index in [1.807, 2.05) is 6.92 Å². The topological polar surface area (TPSA) is 179 Å². The first-order valence-electron chi connectivity index (χ1n) is 17.9. The molecular weight excluding hydrogens is 632 g/mol. The second-order valence-corrected chi connectivity index (χ2v) is 16.2. The lowest BCUT2D eigenvalue weighted by atomic mass is 9.53. The lowest BCUT2D eigenvalue weighted by molar-refractivity contribution is -0.498. The molecule has 11 heteroatoms. The van der Waals surface area contributed by atoms with Gasteiger partial charge in [-0.3, -0.25) is 4.79 Å². The normalized spacial score (nSPS) is 51.5. The number of epoxide rings is 1. The van der Waals surface area contributed by atoms with Crippen LogP contribution in [0.1, 0.15) is 84.6 Å². The van der Waals surface area contributed by atoms with Gasteiger partial charge in [0.15, 0.2) is 11.7 Å². The molecule has 4 heterocycles. The van der Waals surface area contributed by atoms with Crippen molar-refractivity contribution in [2.24, 2.45) is 23.7 Å². The highest BCUT2D eigenvalue weighted by atomic mass is 16.8. The first kappa shape index (κ1) is 35.2. The van der Waals surface area contributed by atoms with Crippen molar-refractivity contribution in [1.82, 2.24) is 0 Å². The van der Waals surface area contributed by atoms with Crippen molar-refractivity contribution < 1.29 is 54.4 Å². The van der Waals surface area contributed by atoms with E-state index in [0.29, 0.717) is 6.42 Å². The van der Waals surface area contributed by atoms with Crippen LogP contribution < -0.4 is 0 Å². The van der Waals surface area contributed by atoms with E-state index in [-0.39, 0.29) is 35.5 Å². The van der Waals surface area contributed by atoms with Gasteiger partial charge in [-0.25, -0.2) is 0 Å².